The van der Waals surface area contributed by atoms with Crippen LogP contribution in [0.4, 0.5) is 5.82 Å². The van der Waals surface area contributed by atoms with Gasteiger partial charge in [0.25, 0.3) is 0 Å². The first-order chi connectivity index (χ1) is 9.81. The summed E-state index contributed by atoms with van der Waals surface area (Å²) in [5.74, 6) is 0.602. The predicted octanol–water partition coefficient (Wildman–Crippen LogP) is 3.95. The second-order valence-electron chi connectivity index (χ2n) is 4.90. The lowest BCUT2D eigenvalue weighted by molar-refractivity contribution is 1.10. The van der Waals surface area contributed by atoms with Crippen molar-refractivity contribution in [1.82, 2.24) is 9.97 Å². The largest absolute Gasteiger partial charge is 0.383 e. The number of fused-ring (bicyclic) bond motifs is 3. The van der Waals surface area contributed by atoms with Gasteiger partial charge in [-0.3, -0.25) is 0 Å². The summed E-state index contributed by atoms with van der Waals surface area (Å²) >= 11 is 1.70. The van der Waals surface area contributed by atoms with E-state index in [2.05, 4.69) is 45.0 Å². The Morgan fingerprint density at radius 3 is 2.90 bits per heavy atom. The lowest BCUT2D eigenvalue weighted by Gasteiger charge is -2.02. The van der Waals surface area contributed by atoms with Gasteiger partial charge < -0.3 is 10.7 Å². The van der Waals surface area contributed by atoms with Crippen molar-refractivity contribution >= 4 is 39.0 Å². The number of aromatic amines is 1. The molecule has 1 aromatic carbocycles. The third-order valence-corrected chi connectivity index (χ3v) is 4.26. The van der Waals surface area contributed by atoms with Crippen molar-refractivity contribution in [1.29, 1.82) is 0 Å². The number of pyridine rings is 1. The van der Waals surface area contributed by atoms with E-state index in [1.165, 1.54) is 5.56 Å². The molecule has 0 saturated heterocycles. The fraction of sp³-hybridized carbons (Fsp3) is 0.0625. The van der Waals surface area contributed by atoms with Crippen LogP contribution in [0.3, 0.4) is 0 Å². The quantitative estimate of drug-likeness (QED) is 0.583. The molecule has 3 heterocycles. The third kappa shape index (κ3) is 1.77. The highest BCUT2D eigenvalue weighted by atomic mass is 32.1. The lowest BCUT2D eigenvalue weighted by atomic mass is 10.1. The first-order valence-electron chi connectivity index (χ1n) is 6.48. The van der Waals surface area contributed by atoms with Crippen LogP contribution in [0.25, 0.3) is 21.8 Å². The standard InChI is InChI=1S/C16H13N3S/c17-16-15-12-3-1-2-4-13(12)19-14(15)8-11(18-16)7-10-5-6-20-9-10/h1-6,8-9,19H,7H2,(H2,17,18). The molecule has 0 radical (unpaired) electrons. The van der Waals surface area contributed by atoms with E-state index in [9.17, 15) is 0 Å². The Bertz CT molecular complexity index is 891. The Morgan fingerprint density at radius 1 is 1.15 bits per heavy atom. The number of hydrogen-bond acceptors (Lipinski definition) is 3. The van der Waals surface area contributed by atoms with Crippen molar-refractivity contribution in [2.75, 3.05) is 5.73 Å². The Kier molecular flexibility index (Phi) is 2.50. The molecule has 0 saturated carbocycles. The van der Waals surface area contributed by atoms with Crippen molar-refractivity contribution in [2.45, 2.75) is 6.42 Å². The minimum absolute atomic E-state index is 0.602. The van der Waals surface area contributed by atoms with E-state index in [0.717, 1.165) is 33.9 Å². The van der Waals surface area contributed by atoms with Crippen LogP contribution in [0.1, 0.15) is 11.3 Å². The minimum Gasteiger partial charge on any atom is -0.383 e. The van der Waals surface area contributed by atoms with Gasteiger partial charge in [-0.05, 0) is 34.5 Å². The summed E-state index contributed by atoms with van der Waals surface area (Å²) in [4.78, 5) is 7.98. The van der Waals surface area contributed by atoms with E-state index in [1.807, 2.05) is 12.1 Å². The topological polar surface area (TPSA) is 54.7 Å². The normalized spacial score (nSPS) is 11.4. The van der Waals surface area contributed by atoms with Crippen LogP contribution in [0, 0.1) is 0 Å². The molecule has 20 heavy (non-hydrogen) atoms. The highest BCUT2D eigenvalue weighted by Gasteiger charge is 2.10. The molecule has 4 rings (SSSR count). The number of para-hydroxylation sites is 1. The van der Waals surface area contributed by atoms with E-state index in [4.69, 9.17) is 5.73 Å². The van der Waals surface area contributed by atoms with E-state index in [1.54, 1.807) is 11.3 Å². The van der Waals surface area contributed by atoms with Gasteiger partial charge in [-0.2, -0.15) is 11.3 Å². The fourth-order valence-electron chi connectivity index (χ4n) is 2.65. The average Bonchev–Trinajstić information content (AvgIpc) is 3.05. The van der Waals surface area contributed by atoms with E-state index in [0.29, 0.717) is 5.82 Å². The molecule has 0 aliphatic carbocycles. The van der Waals surface area contributed by atoms with Gasteiger partial charge in [-0.1, -0.05) is 18.2 Å². The van der Waals surface area contributed by atoms with Crippen LogP contribution in [0.5, 0.6) is 0 Å². The number of rotatable bonds is 2. The summed E-state index contributed by atoms with van der Waals surface area (Å²) in [7, 11) is 0. The van der Waals surface area contributed by atoms with Crippen molar-refractivity contribution in [3.05, 3.63) is 58.4 Å². The van der Waals surface area contributed by atoms with Gasteiger partial charge in [0.05, 0.1) is 5.52 Å². The highest BCUT2D eigenvalue weighted by molar-refractivity contribution is 7.07. The predicted molar refractivity (Wildman–Crippen MR) is 85.1 cm³/mol. The second kappa shape index (κ2) is 4.35. The Labute approximate surface area is 120 Å². The maximum Gasteiger partial charge on any atom is 0.133 e. The number of nitrogens with zero attached hydrogens (tertiary/aromatic N) is 1. The molecule has 3 nitrogen and oxygen atoms in total. The van der Waals surface area contributed by atoms with Gasteiger partial charge in [0, 0.05) is 28.4 Å². The van der Waals surface area contributed by atoms with Crippen LogP contribution in [-0.4, -0.2) is 9.97 Å². The number of benzene rings is 1. The Hall–Kier alpha value is -2.33. The number of anilines is 1. The van der Waals surface area contributed by atoms with Gasteiger partial charge in [-0.15, -0.1) is 0 Å². The third-order valence-electron chi connectivity index (χ3n) is 3.53. The average molecular weight is 279 g/mol. The van der Waals surface area contributed by atoms with Crippen LogP contribution in [0.15, 0.2) is 47.2 Å². The van der Waals surface area contributed by atoms with Crippen molar-refractivity contribution in [3.63, 3.8) is 0 Å². The molecule has 0 atom stereocenters. The first kappa shape index (κ1) is 11.5. The molecule has 0 aliphatic rings. The van der Waals surface area contributed by atoms with E-state index < -0.39 is 0 Å². The number of hydrogen-bond donors (Lipinski definition) is 2. The molecular formula is C16H13N3S. The first-order valence-corrected chi connectivity index (χ1v) is 7.42. The molecule has 0 amide bonds. The van der Waals surface area contributed by atoms with Gasteiger partial charge in [0.1, 0.15) is 5.82 Å². The van der Waals surface area contributed by atoms with Crippen LogP contribution >= 0.6 is 11.3 Å². The number of nitrogens with one attached hydrogen (secondary N) is 1. The van der Waals surface area contributed by atoms with Crippen molar-refractivity contribution in [2.24, 2.45) is 0 Å². The molecule has 0 unspecified atom stereocenters. The molecule has 3 aromatic heterocycles. The maximum atomic E-state index is 6.17. The lowest BCUT2D eigenvalue weighted by Crippen LogP contribution is -1.97. The number of nitrogen functional groups attached to an aromatic ring is 1. The molecule has 3 N–H and O–H groups in total. The smallest absolute Gasteiger partial charge is 0.133 e. The number of aromatic nitrogens is 2. The Balaban J connectivity index is 1.91. The number of nitrogens with two attached hydrogens (primary N) is 1. The monoisotopic (exact) mass is 279 g/mol. The molecule has 4 aromatic rings. The molecule has 0 aliphatic heterocycles. The zero-order valence-corrected chi connectivity index (χ0v) is 11.6. The summed E-state index contributed by atoms with van der Waals surface area (Å²) in [5.41, 5.74) is 10.6. The second-order valence-corrected chi connectivity index (χ2v) is 5.68. The fourth-order valence-corrected chi connectivity index (χ4v) is 3.32. The molecule has 0 bridgehead atoms. The van der Waals surface area contributed by atoms with Crippen LogP contribution in [0.2, 0.25) is 0 Å². The summed E-state index contributed by atoms with van der Waals surface area (Å²) in [5, 5.41) is 6.39. The van der Waals surface area contributed by atoms with Crippen LogP contribution in [-0.2, 0) is 6.42 Å². The van der Waals surface area contributed by atoms with Crippen molar-refractivity contribution < 1.29 is 0 Å². The molecule has 98 valence electrons. The molecule has 0 fully saturated rings. The maximum absolute atomic E-state index is 6.17. The summed E-state index contributed by atoms with van der Waals surface area (Å²) in [6, 6.07) is 12.4. The van der Waals surface area contributed by atoms with Gasteiger partial charge in [-0.25, -0.2) is 4.98 Å². The van der Waals surface area contributed by atoms with Gasteiger partial charge in [0.2, 0.25) is 0 Å². The van der Waals surface area contributed by atoms with E-state index >= 15 is 0 Å². The molecular weight excluding hydrogens is 266 g/mol. The molecule has 4 heteroatoms. The zero-order valence-electron chi connectivity index (χ0n) is 10.8. The summed E-state index contributed by atoms with van der Waals surface area (Å²) < 4.78 is 0. The highest BCUT2D eigenvalue weighted by Crippen LogP contribution is 2.29. The Morgan fingerprint density at radius 2 is 2.05 bits per heavy atom. The minimum atomic E-state index is 0.602. The van der Waals surface area contributed by atoms with Gasteiger partial charge >= 0.3 is 0 Å². The summed E-state index contributed by atoms with van der Waals surface area (Å²) in [6.45, 7) is 0. The van der Waals surface area contributed by atoms with E-state index in [-0.39, 0.29) is 0 Å². The zero-order chi connectivity index (χ0) is 13.5. The SMILES string of the molecule is Nc1nc(Cc2ccsc2)cc2[nH]c3ccccc3c12. The van der Waals surface area contributed by atoms with Crippen LogP contribution < -0.4 is 5.73 Å². The number of thiophene rings is 1. The number of H-pyrrole nitrogens is 1. The molecule has 0 spiro atoms. The summed E-state index contributed by atoms with van der Waals surface area (Å²) in [6.07, 6.45) is 0.818. The van der Waals surface area contributed by atoms with Crippen molar-refractivity contribution in [3.8, 4) is 0 Å². The van der Waals surface area contributed by atoms with Gasteiger partial charge in [0.15, 0.2) is 0 Å².